The van der Waals surface area contributed by atoms with E-state index in [4.69, 9.17) is 4.74 Å². The summed E-state index contributed by atoms with van der Waals surface area (Å²) in [6.45, 7) is 2.54. The van der Waals surface area contributed by atoms with Gasteiger partial charge in [0.2, 0.25) is 0 Å². The van der Waals surface area contributed by atoms with Crippen LogP contribution in [-0.2, 0) is 4.74 Å². The minimum atomic E-state index is -0.296. The number of nitrogens with zero attached hydrogens (tertiary/aromatic N) is 2. The molecule has 1 heterocycles. The third kappa shape index (κ3) is 3.57. The van der Waals surface area contributed by atoms with E-state index in [2.05, 4.69) is 0 Å². The fraction of sp³-hybridized carbons (Fsp3) is 0.222. The molecule has 0 spiro atoms. The Morgan fingerprint density at radius 3 is 2.43 bits per heavy atom. The fourth-order valence-corrected chi connectivity index (χ4v) is 2.69. The summed E-state index contributed by atoms with van der Waals surface area (Å²) in [4.78, 5) is 13.3. The summed E-state index contributed by atoms with van der Waals surface area (Å²) < 4.78 is 5.33. The second-order valence-electron chi connectivity index (χ2n) is 5.32. The number of ether oxygens (including phenoxy) is 1. The lowest BCUT2D eigenvalue weighted by Gasteiger charge is -2.28. The van der Waals surface area contributed by atoms with Crippen molar-refractivity contribution in [2.24, 2.45) is 0 Å². The van der Waals surface area contributed by atoms with Crippen molar-refractivity contribution in [3.8, 4) is 0 Å². The van der Waals surface area contributed by atoms with Crippen molar-refractivity contribution in [1.29, 1.82) is 0 Å². The van der Waals surface area contributed by atoms with Crippen LogP contribution in [0.4, 0.5) is 11.4 Å². The zero-order valence-electron chi connectivity index (χ0n) is 12.7. The van der Waals surface area contributed by atoms with Crippen molar-refractivity contribution in [1.82, 2.24) is 0 Å². The topological polar surface area (TPSA) is 55.6 Å². The predicted octanol–water partition coefficient (Wildman–Crippen LogP) is 3.60. The first kappa shape index (κ1) is 15.2. The number of para-hydroxylation sites is 1. The van der Waals surface area contributed by atoms with Gasteiger partial charge in [-0.25, -0.2) is 0 Å². The number of anilines is 1. The SMILES string of the molecule is O=[N+]([O-])c1c(/C=C\c2ccccc2)cccc1N1CCOCC1. The molecular formula is C18H18N2O3. The zero-order chi connectivity index (χ0) is 16.1. The van der Waals surface area contributed by atoms with Crippen LogP contribution in [0.1, 0.15) is 11.1 Å². The van der Waals surface area contributed by atoms with Crippen molar-refractivity contribution < 1.29 is 9.66 Å². The van der Waals surface area contributed by atoms with Gasteiger partial charge in [-0.3, -0.25) is 10.1 Å². The second kappa shape index (κ2) is 7.07. The summed E-state index contributed by atoms with van der Waals surface area (Å²) in [6.07, 6.45) is 3.70. The average Bonchev–Trinajstić information content (AvgIpc) is 2.61. The van der Waals surface area contributed by atoms with E-state index in [1.165, 1.54) is 0 Å². The Kier molecular flexibility index (Phi) is 4.68. The minimum Gasteiger partial charge on any atom is -0.378 e. The van der Waals surface area contributed by atoms with Gasteiger partial charge in [0, 0.05) is 13.1 Å². The van der Waals surface area contributed by atoms with Crippen LogP contribution >= 0.6 is 0 Å². The van der Waals surface area contributed by atoms with Crippen LogP contribution in [0.2, 0.25) is 0 Å². The van der Waals surface area contributed by atoms with Crippen LogP contribution in [0.15, 0.2) is 48.5 Å². The highest BCUT2D eigenvalue weighted by atomic mass is 16.6. The van der Waals surface area contributed by atoms with E-state index in [0.29, 0.717) is 37.6 Å². The van der Waals surface area contributed by atoms with Crippen LogP contribution < -0.4 is 4.90 Å². The van der Waals surface area contributed by atoms with Crippen molar-refractivity contribution in [3.63, 3.8) is 0 Å². The maximum absolute atomic E-state index is 11.6. The number of nitro groups is 1. The summed E-state index contributed by atoms with van der Waals surface area (Å²) in [6, 6.07) is 15.2. The summed E-state index contributed by atoms with van der Waals surface area (Å²) in [5.41, 5.74) is 2.44. The Hall–Kier alpha value is -2.66. The number of morpholine rings is 1. The maximum Gasteiger partial charge on any atom is 0.299 e. The van der Waals surface area contributed by atoms with E-state index in [0.717, 1.165) is 5.56 Å². The molecule has 0 aromatic heterocycles. The Bertz CT molecular complexity index is 707. The highest BCUT2D eigenvalue weighted by Crippen LogP contribution is 2.33. The standard InChI is InChI=1S/C18H18N2O3/c21-20(22)18-16(10-9-15-5-2-1-3-6-15)7-4-8-17(18)19-11-13-23-14-12-19/h1-10H,11-14H2/b10-9-. The quantitative estimate of drug-likeness (QED) is 0.492. The molecule has 118 valence electrons. The number of hydrogen-bond donors (Lipinski definition) is 0. The molecule has 1 fully saturated rings. The molecule has 2 aromatic carbocycles. The first-order valence-corrected chi connectivity index (χ1v) is 7.59. The van der Waals surface area contributed by atoms with E-state index < -0.39 is 0 Å². The van der Waals surface area contributed by atoms with Gasteiger partial charge in [-0.1, -0.05) is 42.5 Å². The maximum atomic E-state index is 11.6. The average molecular weight is 310 g/mol. The van der Waals surface area contributed by atoms with Crippen molar-refractivity contribution >= 4 is 23.5 Å². The van der Waals surface area contributed by atoms with Gasteiger partial charge in [0.15, 0.2) is 0 Å². The third-order valence-electron chi connectivity index (χ3n) is 3.84. The molecule has 0 unspecified atom stereocenters. The Morgan fingerprint density at radius 2 is 1.74 bits per heavy atom. The first-order valence-electron chi connectivity index (χ1n) is 7.59. The fourth-order valence-electron chi connectivity index (χ4n) is 2.69. The molecule has 3 rings (SSSR count). The van der Waals surface area contributed by atoms with Crippen molar-refractivity contribution in [2.75, 3.05) is 31.2 Å². The monoisotopic (exact) mass is 310 g/mol. The molecule has 5 nitrogen and oxygen atoms in total. The molecule has 0 bridgehead atoms. The molecule has 0 aliphatic carbocycles. The van der Waals surface area contributed by atoms with Gasteiger partial charge in [-0.05, 0) is 23.8 Å². The summed E-state index contributed by atoms with van der Waals surface area (Å²) >= 11 is 0. The van der Waals surface area contributed by atoms with Crippen LogP contribution in [0.5, 0.6) is 0 Å². The number of rotatable bonds is 4. The van der Waals surface area contributed by atoms with Gasteiger partial charge in [-0.2, -0.15) is 0 Å². The van der Waals surface area contributed by atoms with Gasteiger partial charge in [0.25, 0.3) is 5.69 Å². The predicted molar refractivity (Wildman–Crippen MR) is 91.5 cm³/mol. The normalized spacial score (nSPS) is 15.0. The molecule has 1 aliphatic heterocycles. The highest BCUT2D eigenvalue weighted by Gasteiger charge is 2.23. The number of hydrogen-bond acceptors (Lipinski definition) is 4. The largest absolute Gasteiger partial charge is 0.378 e. The molecule has 0 saturated carbocycles. The molecule has 0 amide bonds. The summed E-state index contributed by atoms with van der Waals surface area (Å²) in [5, 5.41) is 11.6. The first-order chi connectivity index (χ1) is 11.3. The molecule has 5 heteroatoms. The van der Waals surface area contributed by atoms with E-state index in [9.17, 15) is 10.1 Å². The lowest BCUT2D eigenvalue weighted by atomic mass is 10.1. The second-order valence-corrected chi connectivity index (χ2v) is 5.32. The molecule has 1 aliphatic rings. The molecule has 0 atom stereocenters. The van der Waals surface area contributed by atoms with E-state index in [1.54, 1.807) is 12.1 Å². The van der Waals surface area contributed by atoms with Crippen molar-refractivity contribution in [3.05, 3.63) is 69.8 Å². The van der Waals surface area contributed by atoms with Crippen LogP contribution in [0.3, 0.4) is 0 Å². The number of benzene rings is 2. The molecular weight excluding hydrogens is 292 g/mol. The van der Waals surface area contributed by atoms with E-state index in [-0.39, 0.29) is 10.6 Å². The van der Waals surface area contributed by atoms with E-state index >= 15 is 0 Å². The van der Waals surface area contributed by atoms with Gasteiger partial charge < -0.3 is 9.64 Å². The lowest BCUT2D eigenvalue weighted by Crippen LogP contribution is -2.36. The minimum absolute atomic E-state index is 0.154. The van der Waals surface area contributed by atoms with Crippen molar-refractivity contribution in [2.45, 2.75) is 0 Å². The van der Waals surface area contributed by atoms with Gasteiger partial charge in [0.1, 0.15) is 5.69 Å². The Morgan fingerprint density at radius 1 is 1.00 bits per heavy atom. The van der Waals surface area contributed by atoms with Gasteiger partial charge in [0.05, 0.1) is 23.7 Å². The van der Waals surface area contributed by atoms with Crippen LogP contribution in [0, 0.1) is 10.1 Å². The molecule has 23 heavy (non-hydrogen) atoms. The smallest absolute Gasteiger partial charge is 0.299 e. The summed E-state index contributed by atoms with van der Waals surface area (Å²) in [5.74, 6) is 0. The molecule has 1 saturated heterocycles. The van der Waals surface area contributed by atoms with E-state index in [1.807, 2.05) is 53.4 Å². The van der Waals surface area contributed by atoms with Crippen LogP contribution in [0.25, 0.3) is 12.2 Å². The number of nitro benzene ring substituents is 1. The lowest BCUT2D eigenvalue weighted by molar-refractivity contribution is -0.384. The van der Waals surface area contributed by atoms with Gasteiger partial charge in [-0.15, -0.1) is 0 Å². The highest BCUT2D eigenvalue weighted by molar-refractivity contribution is 5.80. The van der Waals surface area contributed by atoms with Crippen LogP contribution in [-0.4, -0.2) is 31.2 Å². The van der Waals surface area contributed by atoms with Gasteiger partial charge >= 0.3 is 0 Å². The molecule has 2 aromatic rings. The summed E-state index contributed by atoms with van der Waals surface area (Å²) in [7, 11) is 0. The molecule has 0 radical (unpaired) electrons. The third-order valence-corrected chi connectivity index (χ3v) is 3.84. The Balaban J connectivity index is 1.96. The zero-order valence-corrected chi connectivity index (χ0v) is 12.7. The molecule has 0 N–H and O–H groups in total. The Labute approximate surface area is 135 Å².